The molecule has 6 heteroatoms. The molecule has 0 radical (unpaired) electrons. The van der Waals surface area contributed by atoms with Crippen LogP contribution in [0.15, 0.2) is 0 Å². The van der Waals surface area contributed by atoms with Crippen LogP contribution >= 0.6 is 0 Å². The molecule has 0 heterocycles. The fourth-order valence-electron chi connectivity index (χ4n) is 0.149. The van der Waals surface area contributed by atoms with E-state index in [0.29, 0.717) is 0 Å². The van der Waals surface area contributed by atoms with Gasteiger partial charge in [0, 0.05) is 6.54 Å². The van der Waals surface area contributed by atoms with Gasteiger partial charge in [0.15, 0.2) is 0 Å². The SMILES string of the molecule is CNC.NCCS(=O)(=O)O. The molecule has 0 saturated heterocycles. The standard InChI is InChI=1S/C2H7NO3S.C2H7N/c3-1-2-7(4,5)6;1-3-2/h1-3H2,(H,4,5,6);3H,1-2H3. The molecule has 0 unspecified atom stereocenters. The molecule has 64 valence electrons. The van der Waals surface area contributed by atoms with Crippen molar-refractivity contribution in [2.45, 2.75) is 0 Å². The summed E-state index contributed by atoms with van der Waals surface area (Å²) < 4.78 is 27.3. The number of hydrogen-bond acceptors (Lipinski definition) is 4. The van der Waals surface area contributed by atoms with E-state index in [-0.39, 0.29) is 12.3 Å². The van der Waals surface area contributed by atoms with Gasteiger partial charge in [-0.05, 0) is 14.1 Å². The Bertz CT molecular complexity index is 143. The maximum atomic E-state index is 9.71. The monoisotopic (exact) mass is 170 g/mol. The maximum absolute atomic E-state index is 9.71. The summed E-state index contributed by atoms with van der Waals surface area (Å²) >= 11 is 0. The Hall–Kier alpha value is -0.170. The van der Waals surface area contributed by atoms with E-state index in [1.165, 1.54) is 0 Å². The van der Waals surface area contributed by atoms with Crippen LogP contribution in [0.3, 0.4) is 0 Å². The minimum atomic E-state index is -3.80. The molecule has 0 saturated carbocycles. The quantitative estimate of drug-likeness (QED) is 0.446. The van der Waals surface area contributed by atoms with Crippen LogP contribution < -0.4 is 11.1 Å². The maximum Gasteiger partial charge on any atom is 0.266 e. The fourth-order valence-corrected chi connectivity index (χ4v) is 0.447. The Morgan fingerprint density at radius 3 is 1.80 bits per heavy atom. The molecule has 0 amide bonds. The van der Waals surface area contributed by atoms with Gasteiger partial charge in [0.1, 0.15) is 0 Å². The molecule has 0 aromatic rings. The molecule has 10 heavy (non-hydrogen) atoms. The molecule has 0 atom stereocenters. The summed E-state index contributed by atoms with van der Waals surface area (Å²) in [6, 6.07) is 0. The largest absolute Gasteiger partial charge is 0.329 e. The van der Waals surface area contributed by atoms with Gasteiger partial charge in [0.05, 0.1) is 5.75 Å². The van der Waals surface area contributed by atoms with Crippen LogP contribution in [0.1, 0.15) is 0 Å². The lowest BCUT2D eigenvalue weighted by atomic mass is 10.8. The van der Waals surface area contributed by atoms with Crippen molar-refractivity contribution in [3.05, 3.63) is 0 Å². The van der Waals surface area contributed by atoms with Crippen molar-refractivity contribution < 1.29 is 13.0 Å². The second-order valence-corrected chi connectivity index (χ2v) is 3.15. The zero-order valence-electron chi connectivity index (χ0n) is 6.16. The van der Waals surface area contributed by atoms with Crippen molar-refractivity contribution in [2.24, 2.45) is 5.73 Å². The van der Waals surface area contributed by atoms with Crippen molar-refractivity contribution in [1.29, 1.82) is 0 Å². The summed E-state index contributed by atoms with van der Waals surface area (Å²) in [5, 5.41) is 2.75. The van der Waals surface area contributed by atoms with Crippen LogP contribution in [-0.4, -0.2) is 39.4 Å². The van der Waals surface area contributed by atoms with Crippen LogP contribution in [-0.2, 0) is 10.1 Å². The van der Waals surface area contributed by atoms with Crippen molar-refractivity contribution in [3.63, 3.8) is 0 Å². The minimum Gasteiger partial charge on any atom is -0.329 e. The summed E-state index contributed by atoms with van der Waals surface area (Å²) in [6.45, 7) is -0.0289. The molecule has 0 aliphatic rings. The van der Waals surface area contributed by atoms with Crippen molar-refractivity contribution in [3.8, 4) is 0 Å². The van der Waals surface area contributed by atoms with E-state index in [4.69, 9.17) is 10.3 Å². The van der Waals surface area contributed by atoms with Gasteiger partial charge in [-0.2, -0.15) is 8.42 Å². The van der Waals surface area contributed by atoms with Crippen LogP contribution in [0.2, 0.25) is 0 Å². The predicted molar refractivity (Wildman–Crippen MR) is 40.5 cm³/mol. The fraction of sp³-hybridized carbons (Fsp3) is 1.00. The molecule has 0 aliphatic carbocycles. The molecule has 0 aromatic heterocycles. The molecule has 0 rings (SSSR count). The average molecular weight is 170 g/mol. The van der Waals surface area contributed by atoms with E-state index in [1.807, 2.05) is 14.1 Å². The Kier molecular flexibility index (Phi) is 8.68. The molecule has 0 spiro atoms. The van der Waals surface area contributed by atoms with Gasteiger partial charge in [-0.3, -0.25) is 4.55 Å². The van der Waals surface area contributed by atoms with E-state index < -0.39 is 10.1 Å². The van der Waals surface area contributed by atoms with Gasteiger partial charge in [-0.1, -0.05) is 0 Å². The second kappa shape index (κ2) is 6.94. The van der Waals surface area contributed by atoms with Gasteiger partial charge in [0.25, 0.3) is 10.1 Å². The van der Waals surface area contributed by atoms with Crippen LogP contribution in [0.5, 0.6) is 0 Å². The highest BCUT2D eigenvalue weighted by Gasteiger charge is 1.98. The van der Waals surface area contributed by atoms with Gasteiger partial charge in [-0.25, -0.2) is 0 Å². The van der Waals surface area contributed by atoms with Crippen molar-refractivity contribution >= 4 is 10.1 Å². The Morgan fingerprint density at radius 1 is 1.50 bits per heavy atom. The molecule has 0 bridgehead atoms. The molecule has 5 nitrogen and oxygen atoms in total. The van der Waals surface area contributed by atoms with Gasteiger partial charge in [0.2, 0.25) is 0 Å². The number of rotatable bonds is 2. The number of nitrogens with one attached hydrogen (secondary N) is 1. The summed E-state index contributed by atoms with van der Waals surface area (Å²) in [4.78, 5) is 0. The third-order valence-corrected chi connectivity index (χ3v) is 1.13. The Morgan fingerprint density at radius 2 is 1.80 bits per heavy atom. The van der Waals surface area contributed by atoms with Crippen LogP contribution in [0.4, 0.5) is 0 Å². The van der Waals surface area contributed by atoms with E-state index in [2.05, 4.69) is 5.32 Å². The molecule has 0 fully saturated rings. The van der Waals surface area contributed by atoms with Gasteiger partial charge >= 0.3 is 0 Å². The normalized spacial score (nSPS) is 10.0. The first-order chi connectivity index (χ1) is 4.47. The first-order valence-electron chi connectivity index (χ1n) is 2.71. The molecular weight excluding hydrogens is 156 g/mol. The smallest absolute Gasteiger partial charge is 0.266 e. The predicted octanol–water partition coefficient (Wildman–Crippen LogP) is -1.33. The average Bonchev–Trinajstić information content (AvgIpc) is 1.63. The summed E-state index contributed by atoms with van der Waals surface area (Å²) in [6.07, 6.45) is 0. The lowest BCUT2D eigenvalue weighted by Gasteiger charge is -1.86. The zero-order chi connectivity index (χ0) is 8.62. The van der Waals surface area contributed by atoms with E-state index >= 15 is 0 Å². The van der Waals surface area contributed by atoms with Crippen LogP contribution in [0, 0.1) is 0 Å². The summed E-state index contributed by atoms with van der Waals surface area (Å²) in [5.41, 5.74) is 4.78. The third kappa shape index (κ3) is 24.9. The highest BCUT2D eigenvalue weighted by Crippen LogP contribution is 1.74. The first kappa shape index (κ1) is 12.5. The lowest BCUT2D eigenvalue weighted by molar-refractivity contribution is 0.483. The molecule has 0 aromatic carbocycles. The summed E-state index contributed by atoms with van der Waals surface area (Å²) in [7, 11) is -0.0492. The molecule has 0 aliphatic heterocycles. The van der Waals surface area contributed by atoms with Gasteiger partial charge in [-0.15, -0.1) is 0 Å². The minimum absolute atomic E-state index is 0.0289. The van der Waals surface area contributed by atoms with Crippen molar-refractivity contribution in [1.82, 2.24) is 5.32 Å². The highest BCUT2D eigenvalue weighted by atomic mass is 32.2. The third-order valence-electron chi connectivity index (χ3n) is 0.376. The first-order valence-corrected chi connectivity index (χ1v) is 4.32. The lowest BCUT2D eigenvalue weighted by Crippen LogP contribution is -2.13. The zero-order valence-corrected chi connectivity index (χ0v) is 6.98. The summed E-state index contributed by atoms with van der Waals surface area (Å²) in [5.74, 6) is -0.354. The number of nitrogens with two attached hydrogens (primary N) is 1. The van der Waals surface area contributed by atoms with Crippen LogP contribution in [0.25, 0.3) is 0 Å². The Balaban J connectivity index is 0. The molecular formula is C4H14N2O3S. The Labute approximate surface area is 61.4 Å². The molecule has 4 N–H and O–H groups in total. The van der Waals surface area contributed by atoms with Crippen molar-refractivity contribution in [2.75, 3.05) is 26.4 Å². The van der Waals surface area contributed by atoms with Gasteiger partial charge < -0.3 is 11.1 Å². The van der Waals surface area contributed by atoms with E-state index in [9.17, 15) is 8.42 Å². The van der Waals surface area contributed by atoms with E-state index in [1.54, 1.807) is 0 Å². The second-order valence-electron chi connectivity index (χ2n) is 1.57. The van der Waals surface area contributed by atoms with E-state index in [0.717, 1.165) is 0 Å². The number of hydrogen-bond donors (Lipinski definition) is 3. The topological polar surface area (TPSA) is 92.4 Å². The highest BCUT2D eigenvalue weighted by molar-refractivity contribution is 7.85.